The molecule has 0 bridgehead atoms. The zero-order valence-electron chi connectivity index (χ0n) is 12.3. The Labute approximate surface area is 123 Å². The summed E-state index contributed by atoms with van der Waals surface area (Å²) in [5.74, 6) is -0.449. The molecule has 2 rings (SSSR count). The Morgan fingerprint density at radius 1 is 1.05 bits per heavy atom. The Bertz CT molecular complexity index is 670. The molecule has 0 heterocycles. The average Bonchev–Trinajstić information content (AvgIpc) is 2.46. The molecule has 0 spiro atoms. The van der Waals surface area contributed by atoms with Gasteiger partial charge in [0.05, 0.1) is 17.1 Å². The van der Waals surface area contributed by atoms with Gasteiger partial charge in [-0.1, -0.05) is 12.1 Å². The summed E-state index contributed by atoms with van der Waals surface area (Å²) in [4.78, 5) is 15.0. The van der Waals surface area contributed by atoms with Crippen molar-refractivity contribution >= 4 is 23.0 Å². The monoisotopic (exact) mass is 287 g/mol. The van der Waals surface area contributed by atoms with Gasteiger partial charge < -0.3 is 15.5 Å². The zero-order chi connectivity index (χ0) is 15.6. The van der Waals surface area contributed by atoms with Crippen molar-refractivity contribution in [2.45, 2.75) is 0 Å². The molecule has 4 nitrogen and oxygen atoms in total. The van der Waals surface area contributed by atoms with Crippen LogP contribution in [-0.4, -0.2) is 32.0 Å². The standard InChI is InChI=1S/C16H18FN3O/c1-19(2)16(21)11-8-9-15(13(18)10-11)20(3)14-7-5-4-6-12(14)17/h4-10H,18H2,1-3H3. The Balaban J connectivity index is 2.38. The first-order chi connectivity index (χ1) is 9.91. The van der Waals surface area contributed by atoms with E-state index in [0.29, 0.717) is 22.6 Å². The van der Waals surface area contributed by atoms with Crippen molar-refractivity contribution in [2.24, 2.45) is 0 Å². The highest BCUT2D eigenvalue weighted by Gasteiger charge is 2.14. The number of rotatable bonds is 3. The van der Waals surface area contributed by atoms with Crippen LogP contribution in [0.4, 0.5) is 21.5 Å². The van der Waals surface area contributed by atoms with Crippen LogP contribution in [-0.2, 0) is 0 Å². The van der Waals surface area contributed by atoms with Gasteiger partial charge in [0.2, 0.25) is 0 Å². The molecule has 0 aliphatic rings. The number of para-hydroxylation sites is 1. The summed E-state index contributed by atoms with van der Waals surface area (Å²) < 4.78 is 13.8. The maximum Gasteiger partial charge on any atom is 0.253 e. The number of hydrogen-bond donors (Lipinski definition) is 1. The van der Waals surface area contributed by atoms with Gasteiger partial charge in [-0.3, -0.25) is 4.79 Å². The minimum Gasteiger partial charge on any atom is -0.397 e. The van der Waals surface area contributed by atoms with Gasteiger partial charge in [0.1, 0.15) is 5.82 Å². The van der Waals surface area contributed by atoms with Crippen LogP contribution in [0.3, 0.4) is 0 Å². The van der Waals surface area contributed by atoms with Crippen LogP contribution in [0.2, 0.25) is 0 Å². The Morgan fingerprint density at radius 2 is 1.71 bits per heavy atom. The summed E-state index contributed by atoms with van der Waals surface area (Å²) in [6.45, 7) is 0. The lowest BCUT2D eigenvalue weighted by Crippen LogP contribution is -2.22. The molecule has 5 heteroatoms. The number of anilines is 3. The van der Waals surface area contributed by atoms with Gasteiger partial charge in [0.15, 0.2) is 0 Å². The summed E-state index contributed by atoms with van der Waals surface area (Å²) in [6, 6.07) is 11.5. The molecule has 0 unspecified atom stereocenters. The van der Waals surface area contributed by atoms with Crippen molar-refractivity contribution in [3.05, 3.63) is 53.8 Å². The molecule has 2 N–H and O–H groups in total. The highest BCUT2D eigenvalue weighted by Crippen LogP contribution is 2.31. The second-order valence-electron chi connectivity index (χ2n) is 4.98. The highest BCUT2D eigenvalue weighted by atomic mass is 19.1. The number of benzene rings is 2. The quantitative estimate of drug-likeness (QED) is 0.883. The average molecular weight is 287 g/mol. The molecule has 2 aromatic rings. The topological polar surface area (TPSA) is 49.6 Å². The Morgan fingerprint density at radius 3 is 2.29 bits per heavy atom. The zero-order valence-corrected chi connectivity index (χ0v) is 12.3. The molecule has 0 saturated heterocycles. The van der Waals surface area contributed by atoms with Crippen LogP contribution >= 0.6 is 0 Å². The first-order valence-electron chi connectivity index (χ1n) is 6.51. The van der Waals surface area contributed by atoms with Crippen LogP contribution in [0.5, 0.6) is 0 Å². The SMILES string of the molecule is CN(C)C(=O)c1ccc(N(C)c2ccccc2F)c(N)c1. The van der Waals surface area contributed by atoms with E-state index in [1.807, 2.05) is 0 Å². The predicted octanol–water partition coefficient (Wildman–Crippen LogP) is 2.88. The minimum atomic E-state index is -0.326. The largest absolute Gasteiger partial charge is 0.397 e. The fraction of sp³-hybridized carbons (Fsp3) is 0.188. The van der Waals surface area contributed by atoms with E-state index in [0.717, 1.165) is 0 Å². The Kier molecular flexibility index (Phi) is 4.12. The molecule has 1 amide bonds. The van der Waals surface area contributed by atoms with E-state index in [9.17, 15) is 9.18 Å². The number of carbonyl (C=O) groups excluding carboxylic acids is 1. The van der Waals surface area contributed by atoms with Gasteiger partial charge in [-0.15, -0.1) is 0 Å². The maximum absolute atomic E-state index is 13.8. The lowest BCUT2D eigenvalue weighted by atomic mass is 10.1. The summed E-state index contributed by atoms with van der Waals surface area (Å²) in [6.07, 6.45) is 0. The summed E-state index contributed by atoms with van der Waals surface area (Å²) in [5, 5.41) is 0. The molecule has 2 aromatic carbocycles. The molecule has 0 aliphatic carbocycles. The van der Waals surface area contributed by atoms with Gasteiger partial charge in [0, 0.05) is 26.7 Å². The van der Waals surface area contributed by atoms with Crippen molar-refractivity contribution in [3.8, 4) is 0 Å². The summed E-state index contributed by atoms with van der Waals surface area (Å²) >= 11 is 0. The van der Waals surface area contributed by atoms with Crippen LogP contribution in [0, 0.1) is 5.82 Å². The van der Waals surface area contributed by atoms with Crippen LogP contribution in [0.25, 0.3) is 0 Å². The van der Waals surface area contributed by atoms with Crippen molar-refractivity contribution in [1.82, 2.24) is 4.90 Å². The number of nitrogens with two attached hydrogens (primary N) is 1. The smallest absolute Gasteiger partial charge is 0.253 e. The molecule has 0 radical (unpaired) electrons. The van der Waals surface area contributed by atoms with Gasteiger partial charge in [0.25, 0.3) is 5.91 Å². The van der Waals surface area contributed by atoms with Crippen molar-refractivity contribution in [2.75, 3.05) is 31.8 Å². The number of amides is 1. The molecular formula is C16H18FN3O. The number of halogens is 1. The number of nitrogen functional groups attached to an aromatic ring is 1. The lowest BCUT2D eigenvalue weighted by molar-refractivity contribution is 0.0827. The summed E-state index contributed by atoms with van der Waals surface area (Å²) in [7, 11) is 5.09. The van der Waals surface area contributed by atoms with Gasteiger partial charge >= 0.3 is 0 Å². The Hall–Kier alpha value is -2.56. The highest BCUT2D eigenvalue weighted by molar-refractivity contribution is 5.96. The van der Waals surface area contributed by atoms with Crippen LogP contribution in [0.1, 0.15) is 10.4 Å². The predicted molar refractivity (Wildman–Crippen MR) is 83.3 cm³/mol. The van der Waals surface area contributed by atoms with Crippen molar-refractivity contribution in [3.63, 3.8) is 0 Å². The molecule has 0 atom stereocenters. The molecular weight excluding hydrogens is 269 g/mol. The minimum absolute atomic E-state index is 0.123. The van der Waals surface area contributed by atoms with E-state index >= 15 is 0 Å². The van der Waals surface area contributed by atoms with Gasteiger partial charge in [-0.2, -0.15) is 0 Å². The third kappa shape index (κ3) is 2.97. The van der Waals surface area contributed by atoms with Crippen molar-refractivity contribution in [1.29, 1.82) is 0 Å². The first-order valence-corrected chi connectivity index (χ1v) is 6.51. The third-order valence-electron chi connectivity index (χ3n) is 3.26. The molecule has 0 saturated carbocycles. The van der Waals surface area contributed by atoms with Gasteiger partial charge in [-0.25, -0.2) is 4.39 Å². The van der Waals surface area contributed by atoms with E-state index in [1.165, 1.54) is 11.0 Å². The lowest BCUT2D eigenvalue weighted by Gasteiger charge is -2.22. The first kappa shape index (κ1) is 14.8. The second-order valence-corrected chi connectivity index (χ2v) is 4.98. The van der Waals surface area contributed by atoms with E-state index in [1.54, 1.807) is 62.4 Å². The molecule has 0 aliphatic heterocycles. The molecule has 0 fully saturated rings. The van der Waals surface area contributed by atoms with Crippen LogP contribution < -0.4 is 10.6 Å². The number of carbonyl (C=O) groups is 1. The third-order valence-corrected chi connectivity index (χ3v) is 3.26. The molecule has 0 aromatic heterocycles. The van der Waals surface area contributed by atoms with Crippen LogP contribution in [0.15, 0.2) is 42.5 Å². The fourth-order valence-electron chi connectivity index (χ4n) is 2.10. The van der Waals surface area contributed by atoms with Crippen molar-refractivity contribution < 1.29 is 9.18 Å². The van der Waals surface area contributed by atoms with Gasteiger partial charge in [-0.05, 0) is 30.3 Å². The summed E-state index contributed by atoms with van der Waals surface area (Å²) in [5.41, 5.74) is 8.02. The molecule has 21 heavy (non-hydrogen) atoms. The van der Waals surface area contributed by atoms with E-state index < -0.39 is 0 Å². The van der Waals surface area contributed by atoms with E-state index in [4.69, 9.17) is 5.73 Å². The molecule has 110 valence electrons. The second kappa shape index (κ2) is 5.83. The maximum atomic E-state index is 13.8. The fourth-order valence-corrected chi connectivity index (χ4v) is 2.10. The number of nitrogens with zero attached hydrogens (tertiary/aromatic N) is 2. The van der Waals surface area contributed by atoms with E-state index in [2.05, 4.69) is 0 Å². The number of hydrogen-bond acceptors (Lipinski definition) is 3. The van der Waals surface area contributed by atoms with E-state index in [-0.39, 0.29) is 11.7 Å². The normalized spacial score (nSPS) is 10.3.